The minimum Gasteiger partial charge on any atom is -0.357 e. The Hall–Kier alpha value is -1.19. The van der Waals surface area contributed by atoms with Crippen molar-refractivity contribution in [3.63, 3.8) is 0 Å². The van der Waals surface area contributed by atoms with E-state index >= 15 is 0 Å². The Morgan fingerprint density at radius 1 is 1.50 bits per heavy atom. The van der Waals surface area contributed by atoms with Gasteiger partial charge in [0.1, 0.15) is 5.01 Å². The smallest absolute Gasteiger partial charge is 0.205 e. The SMILES string of the molecule is Cc1nnc(NC2CCN(CC#N)CC2)s1. The van der Waals surface area contributed by atoms with Gasteiger partial charge in [0.05, 0.1) is 12.6 Å². The molecule has 1 fully saturated rings. The number of aryl methyl sites for hydroxylation is 1. The summed E-state index contributed by atoms with van der Waals surface area (Å²) in [5.41, 5.74) is 0. The fourth-order valence-electron chi connectivity index (χ4n) is 1.86. The molecule has 0 unspecified atom stereocenters. The summed E-state index contributed by atoms with van der Waals surface area (Å²) in [4.78, 5) is 2.18. The molecule has 0 bridgehead atoms. The van der Waals surface area contributed by atoms with E-state index in [1.165, 1.54) is 0 Å². The van der Waals surface area contributed by atoms with Gasteiger partial charge in [-0.2, -0.15) is 5.26 Å². The lowest BCUT2D eigenvalue weighted by atomic mass is 10.1. The van der Waals surface area contributed by atoms with Crippen LogP contribution in [0.2, 0.25) is 0 Å². The molecular weight excluding hydrogens is 222 g/mol. The zero-order chi connectivity index (χ0) is 11.4. The zero-order valence-electron chi connectivity index (χ0n) is 9.31. The summed E-state index contributed by atoms with van der Waals surface area (Å²) in [6.07, 6.45) is 2.14. The molecule has 0 amide bonds. The molecule has 1 aromatic rings. The molecule has 0 radical (unpaired) electrons. The summed E-state index contributed by atoms with van der Waals surface area (Å²) in [5.74, 6) is 0. The third-order valence-electron chi connectivity index (χ3n) is 2.74. The summed E-state index contributed by atoms with van der Waals surface area (Å²) in [6.45, 7) is 4.48. The van der Waals surface area contributed by atoms with Crippen LogP contribution in [0.3, 0.4) is 0 Å². The van der Waals surface area contributed by atoms with Gasteiger partial charge in [-0.25, -0.2) is 0 Å². The highest BCUT2D eigenvalue weighted by Crippen LogP contribution is 2.19. The predicted molar refractivity (Wildman–Crippen MR) is 63.3 cm³/mol. The van der Waals surface area contributed by atoms with Crippen LogP contribution < -0.4 is 5.32 Å². The Balaban J connectivity index is 1.79. The third kappa shape index (κ3) is 2.90. The first kappa shape index (κ1) is 11.3. The second-order valence-electron chi connectivity index (χ2n) is 3.98. The molecule has 5 nitrogen and oxygen atoms in total. The van der Waals surface area contributed by atoms with E-state index in [1.54, 1.807) is 11.3 Å². The van der Waals surface area contributed by atoms with Crippen molar-refractivity contribution in [1.82, 2.24) is 15.1 Å². The van der Waals surface area contributed by atoms with Crippen LogP contribution >= 0.6 is 11.3 Å². The molecule has 0 aromatic carbocycles. The molecule has 86 valence electrons. The summed E-state index contributed by atoms with van der Waals surface area (Å²) >= 11 is 1.59. The van der Waals surface area contributed by atoms with Crippen LogP contribution in [0.1, 0.15) is 17.8 Å². The largest absolute Gasteiger partial charge is 0.357 e. The van der Waals surface area contributed by atoms with Crippen LogP contribution in [0.4, 0.5) is 5.13 Å². The lowest BCUT2D eigenvalue weighted by Crippen LogP contribution is -2.39. The van der Waals surface area contributed by atoms with Crippen molar-refractivity contribution in [3.8, 4) is 6.07 Å². The molecule has 0 spiro atoms. The molecule has 0 aliphatic carbocycles. The first-order chi connectivity index (χ1) is 7.78. The first-order valence-corrected chi connectivity index (χ1v) is 6.25. The maximum atomic E-state index is 8.60. The molecule has 1 N–H and O–H groups in total. The lowest BCUT2D eigenvalue weighted by Gasteiger charge is -2.30. The maximum absolute atomic E-state index is 8.60. The van der Waals surface area contributed by atoms with Crippen LogP contribution in [-0.4, -0.2) is 40.8 Å². The topological polar surface area (TPSA) is 64.8 Å². The summed E-state index contributed by atoms with van der Waals surface area (Å²) < 4.78 is 0. The van der Waals surface area contributed by atoms with Gasteiger partial charge in [-0.3, -0.25) is 4.90 Å². The van der Waals surface area contributed by atoms with E-state index in [0.29, 0.717) is 12.6 Å². The van der Waals surface area contributed by atoms with E-state index in [1.807, 2.05) is 6.92 Å². The van der Waals surface area contributed by atoms with E-state index in [4.69, 9.17) is 5.26 Å². The molecule has 0 atom stereocenters. The number of piperidine rings is 1. The van der Waals surface area contributed by atoms with E-state index in [-0.39, 0.29) is 0 Å². The van der Waals surface area contributed by atoms with Crippen LogP contribution in [-0.2, 0) is 0 Å². The molecule has 1 saturated heterocycles. The molecule has 6 heteroatoms. The summed E-state index contributed by atoms with van der Waals surface area (Å²) in [6, 6.07) is 2.66. The van der Waals surface area contributed by atoms with Crippen molar-refractivity contribution in [1.29, 1.82) is 5.26 Å². The van der Waals surface area contributed by atoms with Crippen LogP contribution in [0.15, 0.2) is 0 Å². The van der Waals surface area contributed by atoms with Gasteiger partial charge in [0.15, 0.2) is 0 Å². The van der Waals surface area contributed by atoms with E-state index < -0.39 is 0 Å². The Labute approximate surface area is 99.1 Å². The molecule has 1 aromatic heterocycles. The Kier molecular flexibility index (Phi) is 3.70. The highest BCUT2D eigenvalue weighted by atomic mass is 32.1. The number of likely N-dealkylation sites (tertiary alicyclic amines) is 1. The number of aromatic nitrogens is 2. The highest BCUT2D eigenvalue weighted by Gasteiger charge is 2.19. The average Bonchev–Trinajstić information content (AvgIpc) is 2.67. The minimum atomic E-state index is 0.474. The number of nitrogens with zero attached hydrogens (tertiary/aromatic N) is 4. The minimum absolute atomic E-state index is 0.474. The molecule has 16 heavy (non-hydrogen) atoms. The van der Waals surface area contributed by atoms with Gasteiger partial charge in [0, 0.05) is 19.1 Å². The fraction of sp³-hybridized carbons (Fsp3) is 0.700. The normalized spacial score (nSPS) is 18.2. The molecule has 0 saturated carbocycles. The van der Waals surface area contributed by atoms with Gasteiger partial charge in [0.2, 0.25) is 5.13 Å². The standard InChI is InChI=1S/C10H15N5S/c1-8-13-14-10(16-8)12-9-2-5-15(6-3-9)7-4-11/h9H,2-3,5-7H2,1H3,(H,12,14). The van der Waals surface area contributed by atoms with Crippen LogP contribution in [0, 0.1) is 18.3 Å². The monoisotopic (exact) mass is 237 g/mol. The number of nitriles is 1. The quantitative estimate of drug-likeness (QED) is 0.801. The van der Waals surface area contributed by atoms with Crippen molar-refractivity contribution >= 4 is 16.5 Å². The van der Waals surface area contributed by atoms with Crippen LogP contribution in [0.25, 0.3) is 0 Å². The van der Waals surface area contributed by atoms with E-state index in [0.717, 1.165) is 36.1 Å². The average molecular weight is 237 g/mol. The lowest BCUT2D eigenvalue weighted by molar-refractivity contribution is 0.242. The Morgan fingerprint density at radius 3 is 2.81 bits per heavy atom. The fourth-order valence-corrected chi connectivity index (χ4v) is 2.53. The van der Waals surface area contributed by atoms with E-state index in [9.17, 15) is 0 Å². The number of hydrogen-bond acceptors (Lipinski definition) is 6. The second-order valence-corrected chi connectivity index (χ2v) is 5.16. The van der Waals surface area contributed by atoms with Crippen molar-refractivity contribution in [2.24, 2.45) is 0 Å². The molecular formula is C10H15N5S. The molecule has 1 aliphatic heterocycles. The Morgan fingerprint density at radius 2 is 2.25 bits per heavy atom. The van der Waals surface area contributed by atoms with Crippen molar-refractivity contribution < 1.29 is 0 Å². The molecule has 2 rings (SSSR count). The van der Waals surface area contributed by atoms with Crippen molar-refractivity contribution in [2.75, 3.05) is 25.0 Å². The summed E-state index contributed by atoms with van der Waals surface area (Å²) in [5, 5.41) is 21.9. The van der Waals surface area contributed by atoms with Gasteiger partial charge in [-0.15, -0.1) is 10.2 Å². The van der Waals surface area contributed by atoms with Crippen molar-refractivity contribution in [2.45, 2.75) is 25.8 Å². The highest BCUT2D eigenvalue weighted by molar-refractivity contribution is 7.15. The first-order valence-electron chi connectivity index (χ1n) is 5.44. The number of rotatable bonds is 3. The Bertz CT molecular complexity index is 375. The number of hydrogen-bond donors (Lipinski definition) is 1. The predicted octanol–water partition coefficient (Wildman–Crippen LogP) is 1.25. The zero-order valence-corrected chi connectivity index (χ0v) is 10.1. The van der Waals surface area contributed by atoms with Crippen LogP contribution in [0.5, 0.6) is 0 Å². The molecule has 2 heterocycles. The second kappa shape index (κ2) is 5.23. The van der Waals surface area contributed by atoms with Gasteiger partial charge >= 0.3 is 0 Å². The van der Waals surface area contributed by atoms with Gasteiger partial charge in [-0.05, 0) is 19.8 Å². The summed E-state index contributed by atoms with van der Waals surface area (Å²) in [7, 11) is 0. The van der Waals surface area contributed by atoms with Gasteiger partial charge in [-0.1, -0.05) is 11.3 Å². The van der Waals surface area contributed by atoms with Gasteiger partial charge in [0.25, 0.3) is 0 Å². The third-order valence-corrected chi connectivity index (χ3v) is 3.51. The molecule has 1 aliphatic rings. The van der Waals surface area contributed by atoms with Crippen molar-refractivity contribution in [3.05, 3.63) is 5.01 Å². The number of nitrogens with one attached hydrogen (secondary N) is 1. The van der Waals surface area contributed by atoms with E-state index in [2.05, 4.69) is 26.5 Å². The van der Waals surface area contributed by atoms with Gasteiger partial charge < -0.3 is 5.32 Å². The number of anilines is 1. The maximum Gasteiger partial charge on any atom is 0.205 e.